The molecule has 2 saturated heterocycles. The number of piperazine rings is 1. The quantitative estimate of drug-likeness (QED) is 0.653. The molecule has 0 aromatic carbocycles. The number of rotatable bonds is 7. The molecule has 0 bridgehead atoms. The lowest BCUT2D eigenvalue weighted by molar-refractivity contribution is -0.138. The molecule has 0 aliphatic carbocycles. The van der Waals surface area contributed by atoms with Crippen molar-refractivity contribution in [1.82, 2.24) is 19.6 Å². The fourth-order valence-corrected chi connectivity index (χ4v) is 4.62. The van der Waals surface area contributed by atoms with Crippen LogP contribution in [0.4, 0.5) is 0 Å². The minimum atomic E-state index is 0.156. The van der Waals surface area contributed by atoms with Crippen LogP contribution in [0.3, 0.4) is 0 Å². The number of halogens is 1. The van der Waals surface area contributed by atoms with E-state index < -0.39 is 0 Å². The maximum Gasteiger partial charge on any atom is 0.236 e. The highest BCUT2D eigenvalue weighted by molar-refractivity contribution is 7.16. The predicted octanol–water partition coefficient (Wildman–Crippen LogP) is 1.23. The van der Waals surface area contributed by atoms with Crippen LogP contribution in [0.15, 0.2) is 12.1 Å². The molecule has 0 spiro atoms. The van der Waals surface area contributed by atoms with Gasteiger partial charge in [0, 0.05) is 50.7 Å². The average Bonchev–Trinajstić information content (AvgIpc) is 3.13. The molecule has 0 radical (unpaired) electrons. The van der Waals surface area contributed by atoms with Gasteiger partial charge in [-0.2, -0.15) is 0 Å². The van der Waals surface area contributed by atoms with Gasteiger partial charge in [-0.25, -0.2) is 0 Å². The number of hydrogen-bond acceptors (Lipinski definition) is 6. The van der Waals surface area contributed by atoms with Crippen LogP contribution in [-0.2, 0) is 20.9 Å². The summed E-state index contributed by atoms with van der Waals surface area (Å²) >= 11 is 7.56. The van der Waals surface area contributed by atoms with Crippen molar-refractivity contribution in [3.05, 3.63) is 21.3 Å². The van der Waals surface area contributed by atoms with Gasteiger partial charge in [0.05, 0.1) is 30.6 Å². The summed E-state index contributed by atoms with van der Waals surface area (Å²) in [5.41, 5.74) is 0. The van der Waals surface area contributed by atoms with Crippen molar-refractivity contribution < 1.29 is 14.3 Å². The first-order valence-corrected chi connectivity index (χ1v) is 11.1. The lowest BCUT2D eigenvalue weighted by Crippen LogP contribution is -2.54. The Labute approximate surface area is 175 Å². The number of carbonyl (C=O) groups excluding carboxylic acids is 2. The minimum Gasteiger partial charge on any atom is -0.378 e. The second-order valence-electron chi connectivity index (χ2n) is 7.16. The Morgan fingerprint density at radius 3 is 2.36 bits per heavy atom. The van der Waals surface area contributed by atoms with E-state index in [-0.39, 0.29) is 11.8 Å². The van der Waals surface area contributed by atoms with Gasteiger partial charge >= 0.3 is 0 Å². The second-order valence-corrected chi connectivity index (χ2v) is 8.96. The Hall–Kier alpha value is -1.19. The van der Waals surface area contributed by atoms with Crippen molar-refractivity contribution in [2.45, 2.75) is 13.5 Å². The van der Waals surface area contributed by atoms with Gasteiger partial charge in [-0.15, -0.1) is 11.3 Å². The number of morpholine rings is 1. The normalized spacial score (nSPS) is 18.7. The van der Waals surface area contributed by atoms with Crippen LogP contribution < -0.4 is 0 Å². The first-order chi connectivity index (χ1) is 13.5. The molecular formula is C19H29ClN4O3S. The maximum atomic E-state index is 12.7. The van der Waals surface area contributed by atoms with E-state index in [1.807, 2.05) is 21.9 Å². The molecule has 0 N–H and O–H groups in total. The first-order valence-electron chi connectivity index (χ1n) is 9.87. The molecule has 1 aromatic rings. The molecule has 9 heteroatoms. The zero-order chi connectivity index (χ0) is 19.9. The molecule has 2 fully saturated rings. The highest BCUT2D eigenvalue weighted by atomic mass is 35.5. The van der Waals surface area contributed by atoms with Gasteiger partial charge in [-0.3, -0.25) is 19.4 Å². The van der Waals surface area contributed by atoms with Gasteiger partial charge in [0.1, 0.15) is 0 Å². The van der Waals surface area contributed by atoms with Crippen LogP contribution in [0.5, 0.6) is 0 Å². The van der Waals surface area contributed by atoms with Crippen molar-refractivity contribution in [2.24, 2.45) is 0 Å². The van der Waals surface area contributed by atoms with E-state index in [1.165, 1.54) is 4.88 Å². The van der Waals surface area contributed by atoms with E-state index in [2.05, 4.69) is 16.7 Å². The highest BCUT2D eigenvalue weighted by Crippen LogP contribution is 2.22. The van der Waals surface area contributed by atoms with E-state index in [1.54, 1.807) is 11.3 Å². The number of hydrogen-bond donors (Lipinski definition) is 0. The second kappa shape index (κ2) is 10.5. The van der Waals surface area contributed by atoms with E-state index in [4.69, 9.17) is 16.3 Å². The predicted molar refractivity (Wildman–Crippen MR) is 111 cm³/mol. The van der Waals surface area contributed by atoms with E-state index >= 15 is 0 Å². The van der Waals surface area contributed by atoms with Crippen LogP contribution in [0.25, 0.3) is 0 Å². The Morgan fingerprint density at radius 1 is 1.07 bits per heavy atom. The minimum absolute atomic E-state index is 0.156. The van der Waals surface area contributed by atoms with Crippen molar-refractivity contribution in [3.63, 3.8) is 0 Å². The number of ether oxygens (including phenoxy) is 1. The van der Waals surface area contributed by atoms with Crippen molar-refractivity contribution in [2.75, 3.05) is 72.1 Å². The third-order valence-corrected chi connectivity index (χ3v) is 6.48. The largest absolute Gasteiger partial charge is 0.378 e. The SMILES string of the molecule is CCN(CC(=O)N1CCN(CC(=O)N2CCOCC2)CC1)Cc1ccc(Cl)s1. The number of likely N-dealkylation sites (N-methyl/N-ethyl adjacent to an activating group) is 1. The fraction of sp³-hybridized carbons (Fsp3) is 0.684. The molecule has 2 aliphatic heterocycles. The topological polar surface area (TPSA) is 56.3 Å². The van der Waals surface area contributed by atoms with Gasteiger partial charge in [0.25, 0.3) is 0 Å². The van der Waals surface area contributed by atoms with Gasteiger partial charge in [0.2, 0.25) is 11.8 Å². The average molecular weight is 429 g/mol. The van der Waals surface area contributed by atoms with E-state index in [9.17, 15) is 9.59 Å². The lowest BCUT2D eigenvalue weighted by atomic mass is 10.2. The fourth-order valence-electron chi connectivity index (χ4n) is 3.49. The van der Waals surface area contributed by atoms with Crippen molar-refractivity contribution in [1.29, 1.82) is 0 Å². The summed E-state index contributed by atoms with van der Waals surface area (Å²) in [5, 5.41) is 0. The first kappa shape index (κ1) is 21.5. The molecule has 1 aromatic heterocycles. The Morgan fingerprint density at radius 2 is 1.75 bits per heavy atom. The molecule has 0 atom stereocenters. The van der Waals surface area contributed by atoms with Gasteiger partial charge in [-0.05, 0) is 18.7 Å². The third kappa shape index (κ3) is 6.15. The molecule has 28 heavy (non-hydrogen) atoms. The molecule has 2 amide bonds. The maximum absolute atomic E-state index is 12.7. The standard InChI is InChI=1S/C19H29ClN4O3S/c1-2-21(13-16-3-4-17(20)28-16)14-18(25)23-7-5-22(6-8-23)15-19(26)24-9-11-27-12-10-24/h3-4H,2,5-15H2,1H3. The number of nitrogens with zero attached hydrogens (tertiary/aromatic N) is 4. The molecule has 3 heterocycles. The van der Waals surface area contributed by atoms with Gasteiger partial charge in [0.15, 0.2) is 0 Å². The van der Waals surface area contributed by atoms with Crippen LogP contribution in [0.1, 0.15) is 11.8 Å². The Bertz CT molecular complexity index is 657. The van der Waals surface area contributed by atoms with Crippen molar-refractivity contribution in [3.8, 4) is 0 Å². The number of thiophene rings is 1. The van der Waals surface area contributed by atoms with Gasteiger partial charge in [-0.1, -0.05) is 18.5 Å². The number of amides is 2. The van der Waals surface area contributed by atoms with Crippen LogP contribution >= 0.6 is 22.9 Å². The van der Waals surface area contributed by atoms with Crippen LogP contribution in [0.2, 0.25) is 4.34 Å². The molecule has 156 valence electrons. The Balaban J connectivity index is 1.40. The molecule has 0 unspecified atom stereocenters. The molecular weight excluding hydrogens is 400 g/mol. The highest BCUT2D eigenvalue weighted by Gasteiger charge is 2.25. The number of carbonyl (C=O) groups is 2. The Kier molecular flexibility index (Phi) is 8.11. The molecule has 3 rings (SSSR count). The van der Waals surface area contributed by atoms with Crippen molar-refractivity contribution >= 4 is 34.8 Å². The molecule has 7 nitrogen and oxygen atoms in total. The molecule has 0 saturated carbocycles. The van der Waals surface area contributed by atoms with Crippen LogP contribution in [-0.4, -0.2) is 104 Å². The summed E-state index contributed by atoms with van der Waals surface area (Å²) in [6, 6.07) is 3.92. The van der Waals surface area contributed by atoms with E-state index in [0.29, 0.717) is 52.5 Å². The monoisotopic (exact) mass is 428 g/mol. The summed E-state index contributed by atoms with van der Waals surface area (Å²) in [6.07, 6.45) is 0. The van der Waals surface area contributed by atoms with E-state index in [0.717, 1.165) is 30.5 Å². The summed E-state index contributed by atoms with van der Waals surface area (Å²) in [6.45, 7) is 9.93. The summed E-state index contributed by atoms with van der Waals surface area (Å²) < 4.78 is 6.08. The molecule has 2 aliphatic rings. The lowest BCUT2D eigenvalue weighted by Gasteiger charge is -2.36. The summed E-state index contributed by atoms with van der Waals surface area (Å²) in [4.78, 5) is 34.3. The van der Waals surface area contributed by atoms with Gasteiger partial charge < -0.3 is 14.5 Å². The summed E-state index contributed by atoms with van der Waals surface area (Å²) in [5.74, 6) is 0.318. The smallest absolute Gasteiger partial charge is 0.236 e. The van der Waals surface area contributed by atoms with Crippen LogP contribution in [0, 0.1) is 0 Å². The summed E-state index contributed by atoms with van der Waals surface area (Å²) in [7, 11) is 0. The zero-order valence-electron chi connectivity index (χ0n) is 16.4. The zero-order valence-corrected chi connectivity index (χ0v) is 18.0. The third-order valence-electron chi connectivity index (χ3n) is 5.26.